The van der Waals surface area contributed by atoms with Gasteiger partial charge in [0.25, 0.3) is 5.56 Å². The first-order chi connectivity index (χ1) is 14.8. The molecule has 2 heterocycles. The van der Waals surface area contributed by atoms with Crippen molar-refractivity contribution in [1.82, 2.24) is 24.6 Å². The molecule has 3 rings (SSSR count). The van der Waals surface area contributed by atoms with Gasteiger partial charge >= 0.3 is 0 Å². The topological polar surface area (TPSA) is 154 Å². The Labute approximate surface area is 180 Å². The second-order valence-electron chi connectivity index (χ2n) is 6.68. The van der Waals surface area contributed by atoms with Crippen molar-refractivity contribution in [2.45, 2.75) is 25.0 Å². The van der Waals surface area contributed by atoms with Gasteiger partial charge in [-0.05, 0) is 24.2 Å². The minimum Gasteiger partial charge on any atom is -0.371 e. The third-order valence-electron chi connectivity index (χ3n) is 4.25. The van der Waals surface area contributed by atoms with Gasteiger partial charge in [-0.25, -0.2) is 13.4 Å². The lowest BCUT2D eigenvalue weighted by Gasteiger charge is -2.18. The van der Waals surface area contributed by atoms with Crippen LogP contribution in [0.15, 0.2) is 40.3 Å². The summed E-state index contributed by atoms with van der Waals surface area (Å²) in [6, 6.07) is 6.62. The SMILES string of the molecule is CCNP(COCCn1cnc2c(=O)[nH]c(N)nc21)OCc1ccc(S(C)(=O)=O)cc1. The van der Waals surface area contributed by atoms with Crippen molar-refractivity contribution in [3.05, 3.63) is 46.5 Å². The second-order valence-corrected chi connectivity index (χ2v) is 10.3. The fraction of sp³-hybridized carbons (Fsp3) is 0.389. The Morgan fingerprint density at radius 2 is 2.03 bits per heavy atom. The Bertz CT molecular complexity index is 1180. The first kappa shape index (κ1) is 23.3. The monoisotopic (exact) mass is 468 g/mol. The number of ether oxygens (including phenoxy) is 1. The van der Waals surface area contributed by atoms with Crippen molar-refractivity contribution in [3.8, 4) is 0 Å². The van der Waals surface area contributed by atoms with Crippen LogP contribution in [0.2, 0.25) is 0 Å². The highest BCUT2D eigenvalue weighted by Gasteiger charge is 2.12. The molecule has 0 aliphatic carbocycles. The maximum atomic E-state index is 11.8. The number of nitrogens with zero attached hydrogens (tertiary/aromatic N) is 3. The molecule has 0 spiro atoms. The molecule has 0 fully saturated rings. The van der Waals surface area contributed by atoms with Crippen molar-refractivity contribution in [3.63, 3.8) is 0 Å². The van der Waals surface area contributed by atoms with Crippen molar-refractivity contribution in [1.29, 1.82) is 0 Å². The number of aromatic nitrogens is 4. The molecule has 1 unspecified atom stereocenters. The number of fused-ring (bicyclic) bond motifs is 1. The fourth-order valence-corrected chi connectivity index (χ4v) is 4.58. The maximum Gasteiger partial charge on any atom is 0.280 e. The number of aromatic amines is 1. The Kier molecular flexibility index (Phi) is 7.74. The predicted octanol–water partition coefficient (Wildman–Crippen LogP) is 1.22. The summed E-state index contributed by atoms with van der Waals surface area (Å²) in [4.78, 5) is 22.7. The van der Waals surface area contributed by atoms with Gasteiger partial charge in [0.1, 0.15) is 14.6 Å². The van der Waals surface area contributed by atoms with Gasteiger partial charge in [-0.15, -0.1) is 0 Å². The average molecular weight is 468 g/mol. The molecule has 0 saturated carbocycles. The van der Waals surface area contributed by atoms with E-state index in [1.54, 1.807) is 28.8 Å². The summed E-state index contributed by atoms with van der Waals surface area (Å²) >= 11 is 0. The number of benzene rings is 1. The molecule has 11 nitrogen and oxygen atoms in total. The van der Waals surface area contributed by atoms with E-state index in [1.165, 1.54) is 12.6 Å². The Morgan fingerprint density at radius 1 is 1.29 bits per heavy atom. The quantitative estimate of drug-likeness (QED) is 0.278. The molecule has 0 bridgehead atoms. The smallest absolute Gasteiger partial charge is 0.280 e. The van der Waals surface area contributed by atoms with Crippen LogP contribution in [0.5, 0.6) is 0 Å². The molecule has 13 heteroatoms. The van der Waals surface area contributed by atoms with Gasteiger partial charge in [0.2, 0.25) is 5.95 Å². The van der Waals surface area contributed by atoms with E-state index in [1.807, 2.05) is 6.92 Å². The zero-order chi connectivity index (χ0) is 22.4. The average Bonchev–Trinajstić information content (AvgIpc) is 3.12. The number of imidazole rings is 1. The zero-order valence-corrected chi connectivity index (χ0v) is 18.9. The van der Waals surface area contributed by atoms with Crippen LogP contribution in [-0.4, -0.2) is 53.7 Å². The van der Waals surface area contributed by atoms with E-state index in [0.29, 0.717) is 31.8 Å². The molecule has 0 amide bonds. The first-order valence-electron chi connectivity index (χ1n) is 9.49. The van der Waals surface area contributed by atoms with E-state index in [-0.39, 0.29) is 21.9 Å². The largest absolute Gasteiger partial charge is 0.371 e. The highest BCUT2D eigenvalue weighted by Crippen LogP contribution is 2.33. The van der Waals surface area contributed by atoms with Crippen LogP contribution in [0.4, 0.5) is 5.95 Å². The van der Waals surface area contributed by atoms with E-state index in [9.17, 15) is 13.2 Å². The summed E-state index contributed by atoms with van der Waals surface area (Å²) in [5.74, 6) is 0.0359. The lowest BCUT2D eigenvalue weighted by Crippen LogP contribution is -2.15. The molecule has 0 aliphatic heterocycles. The van der Waals surface area contributed by atoms with E-state index in [2.05, 4.69) is 20.0 Å². The molecule has 31 heavy (non-hydrogen) atoms. The summed E-state index contributed by atoms with van der Waals surface area (Å²) in [7, 11) is -4.25. The van der Waals surface area contributed by atoms with E-state index in [4.69, 9.17) is 15.0 Å². The normalized spacial score (nSPS) is 13.0. The van der Waals surface area contributed by atoms with Crippen molar-refractivity contribution in [2.24, 2.45) is 0 Å². The highest BCUT2D eigenvalue weighted by molar-refractivity contribution is 7.90. The molecule has 2 aromatic heterocycles. The number of hydrogen-bond donors (Lipinski definition) is 3. The summed E-state index contributed by atoms with van der Waals surface area (Å²) in [6.45, 7) is 3.86. The van der Waals surface area contributed by atoms with E-state index < -0.39 is 18.1 Å². The highest BCUT2D eigenvalue weighted by atomic mass is 32.2. The Morgan fingerprint density at radius 3 is 2.71 bits per heavy atom. The number of nitrogens with one attached hydrogen (secondary N) is 2. The molecule has 168 valence electrons. The van der Waals surface area contributed by atoms with Crippen LogP contribution in [0, 0.1) is 0 Å². The summed E-state index contributed by atoms with van der Waals surface area (Å²) in [6.07, 6.45) is 3.07. The van der Waals surface area contributed by atoms with Gasteiger partial charge in [-0.1, -0.05) is 19.1 Å². The third-order valence-corrected chi connectivity index (χ3v) is 6.91. The van der Waals surface area contributed by atoms with Gasteiger partial charge in [0.05, 0.1) is 24.4 Å². The lowest BCUT2D eigenvalue weighted by atomic mass is 10.2. The second kappa shape index (κ2) is 10.3. The van der Waals surface area contributed by atoms with Crippen LogP contribution in [-0.2, 0) is 32.2 Å². The molecule has 4 N–H and O–H groups in total. The number of sulfone groups is 1. The van der Waals surface area contributed by atoms with Crippen LogP contribution in [0.1, 0.15) is 12.5 Å². The van der Waals surface area contributed by atoms with Gasteiger partial charge in [-0.3, -0.25) is 14.9 Å². The molecular weight excluding hydrogens is 443 g/mol. The minimum absolute atomic E-state index is 0.0359. The molecule has 3 aromatic rings. The first-order valence-corrected chi connectivity index (χ1v) is 12.8. The fourth-order valence-electron chi connectivity index (χ4n) is 2.74. The Hall–Kier alpha value is -2.37. The predicted molar refractivity (Wildman–Crippen MR) is 118 cm³/mol. The van der Waals surface area contributed by atoms with Crippen molar-refractivity contribution in [2.75, 3.05) is 31.5 Å². The van der Waals surface area contributed by atoms with Crippen LogP contribution >= 0.6 is 8.30 Å². The van der Waals surface area contributed by atoms with E-state index in [0.717, 1.165) is 12.1 Å². The molecule has 1 atom stereocenters. The van der Waals surface area contributed by atoms with Crippen LogP contribution in [0.3, 0.4) is 0 Å². The summed E-state index contributed by atoms with van der Waals surface area (Å²) in [5.41, 5.74) is 6.73. The number of nitrogens with two attached hydrogens (primary N) is 1. The van der Waals surface area contributed by atoms with Crippen molar-refractivity contribution >= 4 is 35.2 Å². The summed E-state index contributed by atoms with van der Waals surface area (Å²) in [5, 5.41) is 3.25. The Balaban J connectivity index is 1.50. The van der Waals surface area contributed by atoms with Gasteiger partial charge in [-0.2, -0.15) is 4.98 Å². The van der Waals surface area contributed by atoms with Crippen LogP contribution in [0.25, 0.3) is 11.2 Å². The maximum absolute atomic E-state index is 11.8. The van der Waals surface area contributed by atoms with Gasteiger partial charge in [0, 0.05) is 12.8 Å². The standard InChI is InChI=1S/C18H25N6O5PS/c1-3-21-30(29-10-13-4-6-14(7-5-13)31(2,26)27)12-28-9-8-24-11-20-15-16(24)22-18(19)23-17(15)25/h4-7,11,21H,3,8-10,12H2,1-2H3,(H3,19,22,23,25). The minimum atomic E-state index is -3.22. The molecule has 1 aromatic carbocycles. The molecule has 0 aliphatic rings. The number of nitrogen functional groups attached to an aromatic ring is 1. The number of hydrogen-bond acceptors (Lipinski definition) is 9. The third kappa shape index (κ3) is 6.31. The number of anilines is 1. The zero-order valence-electron chi connectivity index (χ0n) is 17.2. The van der Waals surface area contributed by atoms with Crippen LogP contribution < -0.4 is 16.4 Å². The molecule has 0 radical (unpaired) electrons. The van der Waals surface area contributed by atoms with Gasteiger partial charge in [0.15, 0.2) is 21.0 Å². The number of H-pyrrole nitrogens is 1. The molecule has 0 saturated heterocycles. The molecular formula is C18H25N6O5PS. The van der Waals surface area contributed by atoms with Gasteiger partial charge < -0.3 is 19.6 Å². The lowest BCUT2D eigenvalue weighted by molar-refractivity contribution is 0.159. The van der Waals surface area contributed by atoms with E-state index >= 15 is 0 Å². The number of rotatable bonds is 11. The van der Waals surface area contributed by atoms with Crippen molar-refractivity contribution < 1.29 is 17.7 Å². The summed E-state index contributed by atoms with van der Waals surface area (Å²) < 4.78 is 36.5.